The van der Waals surface area contributed by atoms with Crippen molar-refractivity contribution >= 4 is 34.0 Å². The summed E-state index contributed by atoms with van der Waals surface area (Å²) in [5.74, 6) is 0.519. The molecule has 1 aromatic heterocycles. The highest BCUT2D eigenvalue weighted by molar-refractivity contribution is 7.14. The van der Waals surface area contributed by atoms with E-state index in [2.05, 4.69) is 10.3 Å². The molecule has 2 aliphatic rings. The van der Waals surface area contributed by atoms with Gasteiger partial charge in [0.15, 0.2) is 11.7 Å². The average molecular weight is 387 g/mol. The van der Waals surface area contributed by atoms with Crippen molar-refractivity contribution in [2.75, 3.05) is 30.0 Å². The van der Waals surface area contributed by atoms with Crippen LogP contribution in [0.5, 0.6) is 5.75 Å². The molecule has 1 unspecified atom stereocenters. The van der Waals surface area contributed by atoms with E-state index in [1.54, 1.807) is 4.90 Å². The van der Waals surface area contributed by atoms with Crippen LogP contribution in [0.1, 0.15) is 26.2 Å². The van der Waals surface area contributed by atoms with Crippen molar-refractivity contribution in [3.8, 4) is 17.0 Å². The summed E-state index contributed by atoms with van der Waals surface area (Å²) in [5, 5.41) is 5.26. The summed E-state index contributed by atoms with van der Waals surface area (Å²) in [4.78, 5) is 30.6. The molecule has 1 N–H and O–H groups in total. The van der Waals surface area contributed by atoms with E-state index in [-0.39, 0.29) is 24.5 Å². The lowest BCUT2D eigenvalue weighted by atomic mass is 10.1. The first kappa shape index (κ1) is 17.9. The lowest BCUT2D eigenvalue weighted by molar-refractivity contribution is -0.124. The molecule has 2 amide bonds. The third kappa shape index (κ3) is 3.68. The summed E-state index contributed by atoms with van der Waals surface area (Å²) in [7, 11) is 0. The van der Waals surface area contributed by atoms with Gasteiger partial charge in [-0.1, -0.05) is 6.92 Å². The fraction of sp³-hybridized carbons (Fsp3) is 0.421. The number of nitrogens with zero attached hydrogens (tertiary/aromatic N) is 2. The third-order valence-corrected chi connectivity index (χ3v) is 5.36. The lowest BCUT2D eigenvalue weighted by Gasteiger charge is -2.29. The topological polar surface area (TPSA) is 80.8 Å². The zero-order chi connectivity index (χ0) is 18.8. The number of nitrogens with one attached hydrogen (secondary N) is 1. The Morgan fingerprint density at radius 2 is 2.33 bits per heavy atom. The van der Waals surface area contributed by atoms with Crippen LogP contribution in [-0.2, 0) is 14.3 Å². The van der Waals surface area contributed by atoms with Crippen LogP contribution in [0.3, 0.4) is 0 Å². The highest BCUT2D eigenvalue weighted by atomic mass is 32.1. The van der Waals surface area contributed by atoms with Gasteiger partial charge in [0, 0.05) is 24.1 Å². The van der Waals surface area contributed by atoms with Crippen molar-refractivity contribution in [1.29, 1.82) is 0 Å². The fourth-order valence-electron chi connectivity index (χ4n) is 3.26. The Bertz CT molecular complexity index is 860. The highest BCUT2D eigenvalue weighted by Gasteiger charge is 2.26. The molecule has 2 aliphatic heterocycles. The van der Waals surface area contributed by atoms with Gasteiger partial charge in [0.2, 0.25) is 0 Å². The highest BCUT2D eigenvalue weighted by Crippen LogP contribution is 2.37. The zero-order valence-electron chi connectivity index (χ0n) is 15.1. The van der Waals surface area contributed by atoms with E-state index in [0.717, 1.165) is 36.2 Å². The van der Waals surface area contributed by atoms with Crippen LogP contribution < -0.4 is 15.0 Å². The van der Waals surface area contributed by atoms with E-state index in [1.165, 1.54) is 11.3 Å². The first-order valence-electron chi connectivity index (χ1n) is 9.11. The van der Waals surface area contributed by atoms with Crippen LogP contribution >= 0.6 is 11.3 Å². The normalized spacial score (nSPS) is 18.9. The molecule has 0 aliphatic carbocycles. The molecule has 0 saturated carbocycles. The smallest absolute Gasteiger partial charge is 0.265 e. The number of rotatable bonds is 5. The summed E-state index contributed by atoms with van der Waals surface area (Å²) in [5.41, 5.74) is 2.39. The number of aromatic nitrogens is 1. The van der Waals surface area contributed by atoms with Gasteiger partial charge in [-0.05, 0) is 37.5 Å². The van der Waals surface area contributed by atoms with Crippen molar-refractivity contribution in [3.05, 3.63) is 23.6 Å². The Hall–Kier alpha value is -2.45. The van der Waals surface area contributed by atoms with Crippen LogP contribution in [0, 0.1) is 0 Å². The molecular formula is C19H21N3O4S. The predicted octanol–water partition coefficient (Wildman–Crippen LogP) is 3.06. The summed E-state index contributed by atoms with van der Waals surface area (Å²) in [6.07, 6.45) is 2.14. The minimum absolute atomic E-state index is 0.0377. The molecule has 1 fully saturated rings. The number of amides is 2. The van der Waals surface area contributed by atoms with Gasteiger partial charge in [0.25, 0.3) is 11.8 Å². The minimum Gasteiger partial charge on any atom is -0.482 e. The molecule has 142 valence electrons. The SMILES string of the molecule is CCCN1C(=O)COc2ccc(-c3csc(NC(=O)C4CCCO4)n3)cc21. The molecule has 2 aromatic rings. The van der Waals surface area contributed by atoms with Crippen molar-refractivity contribution in [1.82, 2.24) is 4.98 Å². The second-order valence-electron chi connectivity index (χ2n) is 6.55. The van der Waals surface area contributed by atoms with Gasteiger partial charge in [0.05, 0.1) is 11.4 Å². The fourth-order valence-corrected chi connectivity index (χ4v) is 3.99. The van der Waals surface area contributed by atoms with E-state index in [9.17, 15) is 9.59 Å². The Kier molecular flexibility index (Phi) is 5.09. The van der Waals surface area contributed by atoms with E-state index >= 15 is 0 Å². The molecule has 4 rings (SSSR count). The number of fused-ring (bicyclic) bond motifs is 1. The van der Waals surface area contributed by atoms with Crippen LogP contribution in [0.25, 0.3) is 11.3 Å². The largest absolute Gasteiger partial charge is 0.482 e. The van der Waals surface area contributed by atoms with E-state index in [4.69, 9.17) is 9.47 Å². The van der Waals surface area contributed by atoms with Crippen LogP contribution in [-0.4, -0.2) is 42.7 Å². The van der Waals surface area contributed by atoms with Gasteiger partial charge in [-0.25, -0.2) is 4.98 Å². The maximum absolute atomic E-state index is 12.2. The monoisotopic (exact) mass is 387 g/mol. The molecule has 27 heavy (non-hydrogen) atoms. The number of anilines is 2. The Morgan fingerprint density at radius 1 is 1.44 bits per heavy atom. The van der Waals surface area contributed by atoms with E-state index in [1.807, 2.05) is 30.5 Å². The van der Waals surface area contributed by atoms with Crippen LogP contribution in [0.15, 0.2) is 23.6 Å². The quantitative estimate of drug-likeness (QED) is 0.853. The summed E-state index contributed by atoms with van der Waals surface area (Å²) >= 11 is 1.37. The van der Waals surface area contributed by atoms with Crippen LogP contribution in [0.4, 0.5) is 10.8 Å². The van der Waals surface area contributed by atoms with Crippen molar-refractivity contribution in [2.45, 2.75) is 32.3 Å². The van der Waals surface area contributed by atoms with E-state index in [0.29, 0.717) is 24.0 Å². The van der Waals surface area contributed by atoms with Crippen LogP contribution in [0.2, 0.25) is 0 Å². The lowest BCUT2D eigenvalue weighted by Crippen LogP contribution is -2.39. The van der Waals surface area contributed by atoms with Gasteiger partial charge in [-0.3, -0.25) is 14.9 Å². The molecular weight excluding hydrogens is 366 g/mol. The van der Waals surface area contributed by atoms with Crippen molar-refractivity contribution < 1.29 is 19.1 Å². The molecule has 0 spiro atoms. The summed E-state index contributed by atoms with van der Waals surface area (Å²) < 4.78 is 10.9. The Labute approximate surface area is 161 Å². The Morgan fingerprint density at radius 3 is 3.11 bits per heavy atom. The molecule has 1 aromatic carbocycles. The number of hydrogen-bond acceptors (Lipinski definition) is 6. The van der Waals surface area contributed by atoms with Crippen molar-refractivity contribution in [3.63, 3.8) is 0 Å². The van der Waals surface area contributed by atoms with E-state index < -0.39 is 0 Å². The maximum Gasteiger partial charge on any atom is 0.265 e. The second kappa shape index (κ2) is 7.66. The molecule has 0 radical (unpaired) electrons. The predicted molar refractivity (Wildman–Crippen MR) is 103 cm³/mol. The molecule has 8 heteroatoms. The number of hydrogen-bond donors (Lipinski definition) is 1. The average Bonchev–Trinajstić information content (AvgIpc) is 3.36. The molecule has 1 saturated heterocycles. The molecule has 1 atom stereocenters. The summed E-state index contributed by atoms with van der Waals surface area (Å²) in [6, 6.07) is 5.70. The summed E-state index contributed by atoms with van der Waals surface area (Å²) in [6.45, 7) is 3.39. The van der Waals surface area contributed by atoms with Gasteiger partial charge in [0.1, 0.15) is 11.9 Å². The molecule has 0 bridgehead atoms. The molecule has 3 heterocycles. The standard InChI is InChI=1S/C19H21N3O4S/c1-2-7-22-14-9-12(5-6-15(14)26-10-17(22)23)13-11-27-19(20-13)21-18(24)16-4-3-8-25-16/h5-6,9,11,16H,2-4,7-8,10H2,1H3,(H,20,21,24). The van der Waals surface area contributed by atoms with Gasteiger partial charge < -0.3 is 14.4 Å². The third-order valence-electron chi connectivity index (χ3n) is 4.60. The second-order valence-corrected chi connectivity index (χ2v) is 7.40. The van der Waals surface area contributed by atoms with Gasteiger partial charge in [-0.2, -0.15) is 0 Å². The number of carbonyl (C=O) groups excluding carboxylic acids is 2. The number of benzene rings is 1. The first-order chi connectivity index (χ1) is 13.2. The van der Waals surface area contributed by atoms with Crippen molar-refractivity contribution in [2.24, 2.45) is 0 Å². The van der Waals surface area contributed by atoms with Gasteiger partial charge in [-0.15, -0.1) is 11.3 Å². The zero-order valence-corrected chi connectivity index (χ0v) is 15.9. The Balaban J connectivity index is 1.55. The first-order valence-corrected chi connectivity index (χ1v) is 9.99. The molecule has 7 nitrogen and oxygen atoms in total. The number of thiazole rings is 1. The maximum atomic E-state index is 12.2. The van der Waals surface area contributed by atoms with Gasteiger partial charge >= 0.3 is 0 Å². The number of ether oxygens (including phenoxy) is 2. The number of carbonyl (C=O) groups is 2. The minimum atomic E-state index is -0.383.